The maximum absolute atomic E-state index is 13.5. The van der Waals surface area contributed by atoms with Crippen molar-refractivity contribution in [2.45, 2.75) is 44.9 Å². The third kappa shape index (κ3) is 5.21. The summed E-state index contributed by atoms with van der Waals surface area (Å²) in [5.74, 6) is 0.404. The van der Waals surface area contributed by atoms with E-state index in [4.69, 9.17) is 27.9 Å². The Hall–Kier alpha value is -2.12. The lowest BCUT2D eigenvalue weighted by molar-refractivity contribution is -0.128. The number of piperidine rings is 1. The van der Waals surface area contributed by atoms with E-state index in [-0.39, 0.29) is 24.4 Å². The summed E-state index contributed by atoms with van der Waals surface area (Å²) >= 11 is 12.4. The van der Waals surface area contributed by atoms with Gasteiger partial charge in [0.2, 0.25) is 0 Å². The molecule has 3 aliphatic rings. The fraction of sp³-hybridized carbons (Fsp3) is 0.481. The highest BCUT2D eigenvalue weighted by molar-refractivity contribution is 6.42. The lowest BCUT2D eigenvalue weighted by Gasteiger charge is -2.42. The molecule has 1 unspecified atom stereocenters. The molecule has 0 aromatic heterocycles. The van der Waals surface area contributed by atoms with Crippen molar-refractivity contribution >= 4 is 40.6 Å². The van der Waals surface area contributed by atoms with Crippen LogP contribution in [-0.4, -0.2) is 67.6 Å². The predicted octanol–water partition coefficient (Wildman–Crippen LogP) is 4.28. The first-order chi connectivity index (χ1) is 16.8. The number of nitrogens with zero attached hydrogens (tertiary/aromatic N) is 2. The minimum Gasteiger partial charge on any atom is -0.370 e. The van der Waals surface area contributed by atoms with Crippen molar-refractivity contribution in [3.05, 3.63) is 63.1 Å². The quantitative estimate of drug-likeness (QED) is 0.622. The smallest absolute Gasteiger partial charge is 0.254 e. The summed E-state index contributed by atoms with van der Waals surface area (Å²) in [6.45, 7) is 6.30. The lowest BCUT2D eigenvalue weighted by Crippen LogP contribution is -2.58. The van der Waals surface area contributed by atoms with Crippen molar-refractivity contribution < 1.29 is 14.3 Å². The first-order valence-electron chi connectivity index (χ1n) is 12.3. The van der Waals surface area contributed by atoms with E-state index >= 15 is 0 Å². The fourth-order valence-electron chi connectivity index (χ4n) is 5.77. The van der Waals surface area contributed by atoms with E-state index in [0.29, 0.717) is 47.2 Å². The summed E-state index contributed by atoms with van der Waals surface area (Å²) in [6.07, 6.45) is 2.20. The number of ketones is 1. The zero-order valence-corrected chi connectivity index (χ0v) is 21.6. The number of carbonyl (C=O) groups excluding carboxylic acids is 2. The highest BCUT2D eigenvalue weighted by Gasteiger charge is 2.41. The predicted molar refractivity (Wildman–Crippen MR) is 139 cm³/mol. The normalized spacial score (nSPS) is 25.8. The number of amides is 1. The molecule has 2 saturated heterocycles. The SMILES string of the molecule is Cc1cc(C)cc(C(=O)N2CCN(c3ccc(Cl)c(Cl)c3)[C@@H](C(=O)COC3C[C@H]4C[C@@H]3CN4)C2)c1. The summed E-state index contributed by atoms with van der Waals surface area (Å²) in [7, 11) is 0. The van der Waals surface area contributed by atoms with Crippen LogP contribution in [0.4, 0.5) is 5.69 Å². The number of rotatable bonds is 6. The zero-order valence-electron chi connectivity index (χ0n) is 20.1. The second-order valence-corrected chi connectivity index (χ2v) is 10.9. The Morgan fingerprint density at radius 3 is 2.46 bits per heavy atom. The molecule has 0 spiro atoms. The van der Waals surface area contributed by atoms with Crippen LogP contribution in [0.5, 0.6) is 0 Å². The molecule has 2 aromatic carbocycles. The van der Waals surface area contributed by atoms with Gasteiger partial charge in [-0.2, -0.15) is 0 Å². The summed E-state index contributed by atoms with van der Waals surface area (Å²) in [5.41, 5.74) is 3.57. The second kappa shape index (κ2) is 10.1. The van der Waals surface area contributed by atoms with Crippen molar-refractivity contribution in [2.24, 2.45) is 5.92 Å². The molecule has 8 heteroatoms. The summed E-state index contributed by atoms with van der Waals surface area (Å²) < 4.78 is 6.12. The summed E-state index contributed by atoms with van der Waals surface area (Å²) in [4.78, 5) is 30.7. The van der Waals surface area contributed by atoms with Gasteiger partial charge in [0.25, 0.3) is 5.91 Å². The third-order valence-corrected chi connectivity index (χ3v) is 8.22. The number of anilines is 1. The van der Waals surface area contributed by atoms with Crippen LogP contribution < -0.4 is 10.2 Å². The average molecular weight is 516 g/mol. The molecule has 2 aliphatic heterocycles. The van der Waals surface area contributed by atoms with Crippen LogP contribution >= 0.6 is 23.2 Å². The number of halogens is 2. The molecule has 1 aliphatic carbocycles. The van der Waals surface area contributed by atoms with Crippen molar-refractivity contribution in [3.8, 4) is 0 Å². The highest BCUT2D eigenvalue weighted by atomic mass is 35.5. The molecule has 4 atom stereocenters. The first-order valence-corrected chi connectivity index (χ1v) is 13.0. The Labute approximate surface area is 216 Å². The van der Waals surface area contributed by atoms with Gasteiger partial charge in [-0.1, -0.05) is 40.4 Å². The Kier molecular flexibility index (Phi) is 7.09. The van der Waals surface area contributed by atoms with Gasteiger partial charge in [-0.25, -0.2) is 0 Å². The molecular formula is C27H31Cl2N3O3. The van der Waals surface area contributed by atoms with Gasteiger partial charge in [-0.3, -0.25) is 9.59 Å². The first kappa shape index (κ1) is 24.6. The van der Waals surface area contributed by atoms with Crippen LogP contribution in [0, 0.1) is 19.8 Å². The van der Waals surface area contributed by atoms with Gasteiger partial charge >= 0.3 is 0 Å². The van der Waals surface area contributed by atoms with E-state index in [2.05, 4.69) is 5.32 Å². The van der Waals surface area contributed by atoms with E-state index in [1.54, 1.807) is 17.0 Å². The minimum absolute atomic E-state index is 0.0234. The number of aryl methyl sites for hydroxylation is 2. The molecular weight excluding hydrogens is 485 g/mol. The largest absolute Gasteiger partial charge is 0.370 e. The number of Topliss-reactive ketones (excluding diaryl/α,β-unsaturated/α-hetero) is 1. The molecule has 2 bridgehead atoms. The van der Waals surface area contributed by atoms with Crippen LogP contribution in [-0.2, 0) is 9.53 Å². The number of hydrogen-bond acceptors (Lipinski definition) is 5. The standard InChI is InChI=1S/C27H31Cl2N3O3/c1-16-7-17(2)9-18(8-16)27(34)31-5-6-32(21-3-4-22(28)23(29)12-21)24(14-31)25(33)15-35-26-11-20-10-19(26)13-30-20/h3-4,7-9,12,19-20,24,26,30H,5-6,10-11,13-15H2,1-2H3/t19-,20-,24-,26?/m1/s1. The molecule has 5 rings (SSSR count). The van der Waals surface area contributed by atoms with Crippen molar-refractivity contribution in [3.63, 3.8) is 0 Å². The molecule has 35 heavy (non-hydrogen) atoms. The van der Waals surface area contributed by atoms with E-state index in [0.717, 1.165) is 36.2 Å². The van der Waals surface area contributed by atoms with Gasteiger partial charge in [0.05, 0.1) is 16.1 Å². The maximum Gasteiger partial charge on any atom is 0.254 e. The Bertz CT molecular complexity index is 1120. The molecule has 2 aromatic rings. The Morgan fingerprint density at radius 1 is 1.03 bits per heavy atom. The number of ether oxygens (including phenoxy) is 1. The maximum atomic E-state index is 13.5. The van der Waals surface area contributed by atoms with Crippen LogP contribution in [0.3, 0.4) is 0 Å². The Balaban J connectivity index is 1.35. The number of fused-ring (bicyclic) bond motifs is 2. The van der Waals surface area contributed by atoms with E-state index in [1.807, 2.05) is 43.0 Å². The van der Waals surface area contributed by atoms with Gasteiger partial charge < -0.3 is 19.9 Å². The van der Waals surface area contributed by atoms with E-state index in [9.17, 15) is 9.59 Å². The molecule has 0 radical (unpaired) electrons. The number of hydrogen-bond donors (Lipinski definition) is 1. The summed E-state index contributed by atoms with van der Waals surface area (Å²) in [6, 6.07) is 11.3. The van der Waals surface area contributed by atoms with Gasteiger partial charge in [0, 0.05) is 43.5 Å². The molecule has 2 heterocycles. The molecule has 6 nitrogen and oxygen atoms in total. The lowest BCUT2D eigenvalue weighted by atomic mass is 10.0. The monoisotopic (exact) mass is 515 g/mol. The van der Waals surface area contributed by atoms with Crippen molar-refractivity contribution in [1.29, 1.82) is 0 Å². The molecule has 1 N–H and O–H groups in total. The third-order valence-electron chi connectivity index (χ3n) is 7.48. The molecule has 3 fully saturated rings. The van der Waals surface area contributed by atoms with Gasteiger partial charge in [0.15, 0.2) is 5.78 Å². The molecule has 1 amide bonds. The fourth-order valence-corrected chi connectivity index (χ4v) is 6.06. The van der Waals surface area contributed by atoms with Gasteiger partial charge in [0.1, 0.15) is 12.6 Å². The van der Waals surface area contributed by atoms with Crippen LogP contribution in [0.25, 0.3) is 0 Å². The topological polar surface area (TPSA) is 61.9 Å². The number of benzene rings is 2. The number of piperazine rings is 1. The van der Waals surface area contributed by atoms with Crippen molar-refractivity contribution in [1.82, 2.24) is 10.2 Å². The Morgan fingerprint density at radius 2 is 1.80 bits per heavy atom. The van der Waals surface area contributed by atoms with Crippen LogP contribution in [0.15, 0.2) is 36.4 Å². The van der Waals surface area contributed by atoms with Gasteiger partial charge in [-0.15, -0.1) is 0 Å². The highest BCUT2D eigenvalue weighted by Crippen LogP contribution is 2.34. The number of carbonyl (C=O) groups is 2. The van der Waals surface area contributed by atoms with E-state index < -0.39 is 6.04 Å². The number of nitrogens with one attached hydrogen (secondary N) is 1. The van der Waals surface area contributed by atoms with Crippen LogP contribution in [0.1, 0.15) is 34.3 Å². The van der Waals surface area contributed by atoms with E-state index in [1.165, 1.54) is 0 Å². The average Bonchev–Trinajstić information content (AvgIpc) is 3.46. The second-order valence-electron chi connectivity index (χ2n) is 10.1. The van der Waals surface area contributed by atoms with Gasteiger partial charge in [-0.05, 0) is 62.9 Å². The molecule has 186 valence electrons. The zero-order chi connectivity index (χ0) is 24.7. The van der Waals surface area contributed by atoms with Crippen molar-refractivity contribution in [2.75, 3.05) is 37.7 Å². The van der Waals surface area contributed by atoms with Crippen LogP contribution in [0.2, 0.25) is 10.0 Å². The molecule has 1 saturated carbocycles. The summed E-state index contributed by atoms with van der Waals surface area (Å²) in [5, 5.41) is 4.38. The minimum atomic E-state index is -0.521.